The Morgan fingerprint density at radius 2 is 1.06 bits per heavy atom. The number of benzene rings is 2. The van der Waals surface area contributed by atoms with Gasteiger partial charge >= 0.3 is 5.97 Å². The molecule has 0 fully saturated rings. The average molecular weight is 421 g/mol. The lowest BCUT2D eigenvalue weighted by atomic mass is 9.97. The summed E-state index contributed by atoms with van der Waals surface area (Å²) in [5, 5.41) is 0. The van der Waals surface area contributed by atoms with Crippen molar-refractivity contribution in [3.63, 3.8) is 0 Å². The van der Waals surface area contributed by atoms with Gasteiger partial charge in [-0.3, -0.25) is 4.79 Å². The highest BCUT2D eigenvalue weighted by Crippen LogP contribution is 2.44. The van der Waals surface area contributed by atoms with Crippen LogP contribution in [0.3, 0.4) is 0 Å². The molecular weight excluding hydrogens is 380 g/mol. The van der Waals surface area contributed by atoms with Gasteiger partial charge in [-0.15, -0.1) is 0 Å². The first kappa shape index (κ1) is 23.6. The van der Waals surface area contributed by atoms with E-state index in [1.165, 1.54) is 81.8 Å². The lowest BCUT2D eigenvalue weighted by Gasteiger charge is -2.13. The summed E-state index contributed by atoms with van der Waals surface area (Å²) in [6, 6.07) is 16.4. The molecule has 0 atom stereocenters. The van der Waals surface area contributed by atoms with Crippen LogP contribution in [0.1, 0.15) is 107 Å². The predicted molar refractivity (Wildman–Crippen MR) is 130 cm³/mol. The third-order valence-electron chi connectivity index (χ3n) is 6.56. The molecule has 0 bridgehead atoms. The number of carbonyl (C=O) groups excluding carboxylic acids is 1. The van der Waals surface area contributed by atoms with Crippen LogP contribution in [0.4, 0.5) is 0 Å². The zero-order valence-electron chi connectivity index (χ0n) is 19.4. The molecule has 0 heterocycles. The molecule has 1 aliphatic carbocycles. The molecule has 0 radical (unpaired) electrons. The Hall–Kier alpha value is -2.09. The van der Waals surface area contributed by atoms with Crippen molar-refractivity contribution < 1.29 is 9.53 Å². The maximum absolute atomic E-state index is 12.9. The summed E-state index contributed by atoms with van der Waals surface area (Å²) in [6.45, 7) is 2.81. The minimum absolute atomic E-state index is 0.101. The Balaban J connectivity index is 1.26. The van der Waals surface area contributed by atoms with Gasteiger partial charge in [-0.25, -0.2) is 0 Å². The van der Waals surface area contributed by atoms with Crippen molar-refractivity contribution in [2.24, 2.45) is 0 Å². The van der Waals surface area contributed by atoms with Crippen LogP contribution in [0, 0.1) is 0 Å². The second-order valence-electron chi connectivity index (χ2n) is 9.02. The van der Waals surface area contributed by atoms with E-state index < -0.39 is 0 Å². The Kier molecular flexibility index (Phi) is 10.2. The highest BCUT2D eigenvalue weighted by molar-refractivity contribution is 5.93. The van der Waals surface area contributed by atoms with Crippen molar-refractivity contribution in [3.05, 3.63) is 59.7 Å². The van der Waals surface area contributed by atoms with Crippen LogP contribution < -0.4 is 0 Å². The zero-order chi connectivity index (χ0) is 21.7. The molecule has 0 spiro atoms. The second-order valence-corrected chi connectivity index (χ2v) is 9.02. The van der Waals surface area contributed by atoms with E-state index in [2.05, 4.69) is 31.2 Å². The molecule has 0 aromatic heterocycles. The van der Waals surface area contributed by atoms with Gasteiger partial charge in [0, 0.05) is 0 Å². The summed E-state index contributed by atoms with van der Waals surface area (Å²) in [5.41, 5.74) is 4.50. The minimum atomic E-state index is -0.269. The molecular formula is C29H40O2. The molecule has 0 saturated carbocycles. The van der Waals surface area contributed by atoms with E-state index in [0.717, 1.165) is 24.0 Å². The molecule has 2 aromatic carbocycles. The van der Waals surface area contributed by atoms with Crippen LogP contribution in [-0.4, -0.2) is 12.6 Å². The molecule has 2 heteroatoms. The topological polar surface area (TPSA) is 26.3 Å². The van der Waals surface area contributed by atoms with Crippen LogP contribution in [0.15, 0.2) is 48.5 Å². The monoisotopic (exact) mass is 420 g/mol. The maximum atomic E-state index is 12.9. The number of carbonyl (C=O) groups is 1. The smallest absolute Gasteiger partial charge is 0.317 e. The van der Waals surface area contributed by atoms with E-state index >= 15 is 0 Å². The Morgan fingerprint density at radius 1 is 0.645 bits per heavy atom. The summed E-state index contributed by atoms with van der Waals surface area (Å²) in [5.74, 6) is -0.370. The largest absolute Gasteiger partial charge is 0.465 e. The number of fused-ring (bicyclic) bond motifs is 3. The first-order valence-electron chi connectivity index (χ1n) is 12.7. The molecule has 1 aliphatic rings. The van der Waals surface area contributed by atoms with Gasteiger partial charge in [0.2, 0.25) is 0 Å². The highest BCUT2D eigenvalue weighted by Gasteiger charge is 2.34. The molecule has 0 saturated heterocycles. The van der Waals surface area contributed by atoms with E-state index in [1.807, 2.05) is 24.3 Å². The second kappa shape index (κ2) is 13.3. The van der Waals surface area contributed by atoms with Crippen molar-refractivity contribution >= 4 is 5.97 Å². The van der Waals surface area contributed by atoms with Gasteiger partial charge in [0.1, 0.15) is 5.92 Å². The molecule has 0 unspecified atom stereocenters. The van der Waals surface area contributed by atoms with Gasteiger partial charge in [0.05, 0.1) is 6.61 Å². The van der Waals surface area contributed by atoms with Crippen molar-refractivity contribution in [3.8, 4) is 11.1 Å². The van der Waals surface area contributed by atoms with Crippen molar-refractivity contribution in [1.29, 1.82) is 0 Å². The quantitative estimate of drug-likeness (QED) is 0.213. The molecule has 3 rings (SSSR count). The number of unbranched alkanes of at least 4 members (excludes halogenated alkanes) is 12. The van der Waals surface area contributed by atoms with Gasteiger partial charge in [-0.2, -0.15) is 0 Å². The minimum Gasteiger partial charge on any atom is -0.465 e. The molecule has 0 amide bonds. The van der Waals surface area contributed by atoms with Crippen molar-refractivity contribution in [2.45, 2.75) is 96.3 Å². The van der Waals surface area contributed by atoms with Crippen LogP contribution in [0.25, 0.3) is 11.1 Å². The normalized spacial score (nSPS) is 12.5. The highest BCUT2D eigenvalue weighted by atomic mass is 16.5. The van der Waals surface area contributed by atoms with Crippen LogP contribution in [0.2, 0.25) is 0 Å². The predicted octanol–water partition coefficient (Wildman–Crippen LogP) is 8.43. The number of ether oxygens (including phenoxy) is 1. The summed E-state index contributed by atoms with van der Waals surface area (Å²) in [4.78, 5) is 12.9. The summed E-state index contributed by atoms with van der Waals surface area (Å²) in [7, 11) is 0. The maximum Gasteiger partial charge on any atom is 0.317 e. The number of rotatable bonds is 15. The number of hydrogen-bond acceptors (Lipinski definition) is 2. The fourth-order valence-electron chi connectivity index (χ4n) is 4.79. The van der Waals surface area contributed by atoms with Gasteiger partial charge in [-0.1, -0.05) is 133 Å². The number of esters is 1. The van der Waals surface area contributed by atoms with Gasteiger partial charge in [0.25, 0.3) is 0 Å². The van der Waals surface area contributed by atoms with E-state index in [1.54, 1.807) is 0 Å². The lowest BCUT2D eigenvalue weighted by Crippen LogP contribution is -2.16. The van der Waals surface area contributed by atoms with E-state index in [0.29, 0.717) is 6.61 Å². The summed E-state index contributed by atoms with van der Waals surface area (Å²) in [6.07, 6.45) is 17.2. The van der Waals surface area contributed by atoms with Gasteiger partial charge in [0.15, 0.2) is 0 Å². The molecule has 31 heavy (non-hydrogen) atoms. The number of hydrogen-bond donors (Lipinski definition) is 0. The van der Waals surface area contributed by atoms with Crippen molar-refractivity contribution in [2.75, 3.05) is 6.61 Å². The first-order valence-corrected chi connectivity index (χ1v) is 12.7. The molecule has 0 aliphatic heterocycles. The van der Waals surface area contributed by atoms with E-state index in [9.17, 15) is 4.79 Å². The molecule has 0 N–H and O–H groups in total. The Bertz CT molecular complexity index is 749. The average Bonchev–Trinajstić information content (AvgIpc) is 3.14. The van der Waals surface area contributed by atoms with Crippen molar-refractivity contribution in [1.82, 2.24) is 0 Å². The Morgan fingerprint density at radius 3 is 1.55 bits per heavy atom. The third kappa shape index (κ3) is 6.95. The standard InChI is InChI=1S/C29H40O2/c1-2-3-4-5-6-7-8-9-10-11-12-13-18-23-31-29(30)28-26-21-16-14-19-24(26)25-20-15-17-22-27(25)28/h14-17,19-22,28H,2-13,18,23H2,1H3. The molecule has 2 aromatic rings. The lowest BCUT2D eigenvalue weighted by molar-refractivity contribution is -0.144. The fraction of sp³-hybridized carbons (Fsp3) is 0.552. The molecule has 2 nitrogen and oxygen atoms in total. The van der Waals surface area contributed by atoms with Crippen LogP contribution >= 0.6 is 0 Å². The Labute approximate surface area is 189 Å². The zero-order valence-corrected chi connectivity index (χ0v) is 19.4. The van der Waals surface area contributed by atoms with E-state index in [-0.39, 0.29) is 11.9 Å². The van der Waals surface area contributed by atoms with Crippen LogP contribution in [0.5, 0.6) is 0 Å². The van der Waals surface area contributed by atoms with Crippen LogP contribution in [-0.2, 0) is 9.53 Å². The van der Waals surface area contributed by atoms with Gasteiger partial charge < -0.3 is 4.74 Å². The van der Waals surface area contributed by atoms with Gasteiger partial charge in [-0.05, 0) is 28.7 Å². The third-order valence-corrected chi connectivity index (χ3v) is 6.56. The summed E-state index contributed by atoms with van der Waals surface area (Å²) >= 11 is 0. The molecule has 168 valence electrons. The summed E-state index contributed by atoms with van der Waals surface area (Å²) < 4.78 is 5.70. The van der Waals surface area contributed by atoms with E-state index in [4.69, 9.17) is 4.74 Å². The SMILES string of the molecule is CCCCCCCCCCCCCCCOC(=O)C1c2ccccc2-c2ccccc21. The fourth-order valence-corrected chi connectivity index (χ4v) is 4.79. The first-order chi connectivity index (χ1) is 15.3.